The molecule has 0 unspecified atom stereocenters. The topological polar surface area (TPSA) is 95.2 Å². The molecular weight excluding hydrogens is 539 g/mol. The number of aromatic nitrogens is 2. The summed E-state index contributed by atoms with van der Waals surface area (Å²) in [5.41, 5.74) is 3.48. The fourth-order valence-electron chi connectivity index (χ4n) is 5.16. The van der Waals surface area contributed by atoms with Crippen LogP contribution in [0.15, 0.2) is 54.6 Å². The number of ether oxygens (including phenoxy) is 1. The second-order valence-electron chi connectivity index (χ2n) is 11.3. The molecule has 2 aromatic carbocycles. The fourth-order valence-corrected chi connectivity index (χ4v) is 7.32. The Morgan fingerprint density at radius 1 is 0.951 bits per heavy atom. The molecule has 0 amide bonds. The number of rotatable bonds is 14. The molecule has 1 fully saturated rings. The van der Waals surface area contributed by atoms with Gasteiger partial charge in [0, 0.05) is 0 Å². The Morgan fingerprint density at radius 2 is 1.54 bits per heavy atom. The summed E-state index contributed by atoms with van der Waals surface area (Å²) in [6, 6.07) is 18.0. The molecule has 1 aromatic heterocycles. The maximum atomic E-state index is 11.9. The number of aryl methyl sites for hydroxylation is 1. The van der Waals surface area contributed by atoms with Gasteiger partial charge in [0.05, 0.1) is 7.11 Å². The van der Waals surface area contributed by atoms with Crippen LogP contribution in [0.2, 0.25) is 0 Å². The molecule has 226 valence electrons. The molecule has 0 aliphatic heterocycles. The van der Waals surface area contributed by atoms with Crippen LogP contribution < -0.4 is 4.74 Å². The molecule has 4 rings (SSSR count). The molecule has 41 heavy (non-hydrogen) atoms. The van der Waals surface area contributed by atoms with Gasteiger partial charge in [0.15, 0.2) is 0 Å². The number of aliphatic hydroxyl groups is 1. The molecule has 0 atom stereocenters. The van der Waals surface area contributed by atoms with Crippen molar-refractivity contribution in [2.24, 2.45) is 0 Å². The van der Waals surface area contributed by atoms with Gasteiger partial charge in [0.1, 0.15) is 0 Å². The molecule has 3 aromatic rings. The van der Waals surface area contributed by atoms with Crippen molar-refractivity contribution in [2.45, 2.75) is 83.8 Å². The third-order valence-electron chi connectivity index (χ3n) is 7.76. The van der Waals surface area contributed by atoms with Gasteiger partial charge in [-0.05, 0) is 6.92 Å². The van der Waals surface area contributed by atoms with Crippen LogP contribution in [0.4, 0.5) is 0 Å². The van der Waals surface area contributed by atoms with Crippen LogP contribution in [0.1, 0.15) is 76.5 Å². The van der Waals surface area contributed by atoms with E-state index in [0.717, 1.165) is 48.4 Å². The van der Waals surface area contributed by atoms with E-state index in [2.05, 4.69) is 45.0 Å². The van der Waals surface area contributed by atoms with Crippen LogP contribution in [0, 0.1) is 6.92 Å². The van der Waals surface area contributed by atoms with Crippen molar-refractivity contribution in [3.8, 4) is 22.7 Å². The van der Waals surface area contributed by atoms with Crippen LogP contribution >= 0.6 is 7.51 Å². The van der Waals surface area contributed by atoms with E-state index in [1.807, 2.05) is 35.0 Å². The summed E-state index contributed by atoms with van der Waals surface area (Å²) in [7, 11) is -2.60. The van der Waals surface area contributed by atoms with Gasteiger partial charge >= 0.3 is 226 Å². The first kappa shape index (κ1) is 31.6. The second kappa shape index (κ2) is 13.3. The number of methoxy groups -OCH3 is 1. The number of hydrogen-bond acceptors (Lipinski definition) is 7. The van der Waals surface area contributed by atoms with E-state index in [0.29, 0.717) is 44.6 Å². The van der Waals surface area contributed by atoms with Crippen molar-refractivity contribution < 1.29 is 28.3 Å². The molecule has 0 bridgehead atoms. The Morgan fingerprint density at radius 3 is 2.07 bits per heavy atom. The molecule has 1 saturated carbocycles. The van der Waals surface area contributed by atoms with Crippen LogP contribution in [-0.4, -0.2) is 52.9 Å². The van der Waals surface area contributed by atoms with Crippen molar-refractivity contribution in [3.05, 3.63) is 65.9 Å². The zero-order chi connectivity index (χ0) is 29.5. The van der Waals surface area contributed by atoms with E-state index < -0.39 is 13.1 Å². The van der Waals surface area contributed by atoms with Crippen molar-refractivity contribution in [2.75, 3.05) is 27.0 Å². The Kier molecular flexibility index (Phi) is 10.3. The summed E-state index contributed by atoms with van der Waals surface area (Å²) in [6.07, 6.45) is 5.23. The zero-order valence-electron chi connectivity index (χ0n) is 25.2. The van der Waals surface area contributed by atoms with Gasteiger partial charge in [0.2, 0.25) is 0 Å². The monoisotopic (exact) mass is 586 g/mol. The predicted molar refractivity (Wildman–Crippen MR) is 164 cm³/mol. The molecule has 0 saturated heterocycles. The second-order valence-corrected chi connectivity index (χ2v) is 14.5. The Balaban J connectivity index is 1.55. The van der Waals surface area contributed by atoms with Crippen molar-refractivity contribution in [1.82, 2.24) is 9.78 Å². The summed E-state index contributed by atoms with van der Waals surface area (Å²) in [5, 5.41) is 16.8. The predicted octanol–water partition coefficient (Wildman–Crippen LogP) is 7.47. The Hall–Kier alpha value is -2.32. The molecule has 8 nitrogen and oxygen atoms in total. The van der Waals surface area contributed by atoms with Gasteiger partial charge in [-0.2, -0.15) is 0 Å². The third kappa shape index (κ3) is 7.95. The summed E-state index contributed by atoms with van der Waals surface area (Å²) in [4.78, 5) is 11.6. The molecule has 1 aliphatic carbocycles. The number of nitrogens with zero attached hydrogens (tertiary/aromatic N) is 2. The molecule has 2 N–H and O–H groups in total. The average molecular weight is 587 g/mol. The zero-order valence-corrected chi connectivity index (χ0v) is 26.1. The number of hydrogen-bond donors (Lipinski definition) is 2. The van der Waals surface area contributed by atoms with Gasteiger partial charge in [-0.3, -0.25) is 0 Å². The molecule has 0 spiro atoms. The summed E-state index contributed by atoms with van der Waals surface area (Å²) in [6.45, 7) is 8.57. The van der Waals surface area contributed by atoms with E-state index >= 15 is 0 Å². The summed E-state index contributed by atoms with van der Waals surface area (Å²) in [5.74, 6) is 0.768. The first-order valence-electron chi connectivity index (χ1n) is 14.9. The molecule has 0 radical (unpaired) electrons. The maximum absolute atomic E-state index is 11.9. The van der Waals surface area contributed by atoms with E-state index in [1.54, 1.807) is 13.8 Å². The normalized spacial score (nSPS) is 20.5. The fraction of sp³-hybridized carbons (Fsp3) is 0.531. The minimum atomic E-state index is -4.24. The number of unbranched alkanes of at least 4 members (excludes halogenated alkanes) is 2. The molecular formula is C32H47N2O6P. The standard InChI is InChI=1S/C32H47N2O6P/c1-6-8-22-38-41(5,36,39-23-9-7-2)40-29-18-20-32(35,21-19-29)31-24-30(26-12-10-25(3)11-13-26)34(33-31)27-14-16-28(37-4)17-15-27/h10-17,24,29,35-36H,6-9,18-23H2,1-5H3. The molecule has 1 aliphatic rings. The van der Waals surface area contributed by atoms with Gasteiger partial charge in [-0.25, -0.2) is 0 Å². The van der Waals surface area contributed by atoms with Crippen molar-refractivity contribution >= 4 is 7.51 Å². The van der Waals surface area contributed by atoms with Crippen LogP contribution in [0.3, 0.4) is 0 Å². The van der Waals surface area contributed by atoms with Crippen LogP contribution in [0.5, 0.6) is 5.75 Å². The van der Waals surface area contributed by atoms with Crippen molar-refractivity contribution in [3.63, 3.8) is 0 Å². The van der Waals surface area contributed by atoms with Crippen LogP contribution in [0.25, 0.3) is 16.9 Å². The minimum absolute atomic E-state index is 0.286. The van der Waals surface area contributed by atoms with E-state index in [9.17, 15) is 10.00 Å². The van der Waals surface area contributed by atoms with E-state index in [-0.39, 0.29) is 6.10 Å². The first-order chi connectivity index (χ1) is 19.6. The molecule has 1 heterocycles. The van der Waals surface area contributed by atoms with Gasteiger partial charge < -0.3 is 4.74 Å². The Bertz CT molecular complexity index is 1240. The van der Waals surface area contributed by atoms with Gasteiger partial charge in [-0.15, -0.1) is 0 Å². The van der Waals surface area contributed by atoms with E-state index in [4.69, 9.17) is 23.4 Å². The van der Waals surface area contributed by atoms with Crippen molar-refractivity contribution in [1.29, 1.82) is 0 Å². The van der Waals surface area contributed by atoms with Gasteiger partial charge in [-0.1, -0.05) is 0 Å². The number of benzene rings is 2. The molecule has 9 heteroatoms. The quantitative estimate of drug-likeness (QED) is 0.149. The third-order valence-corrected chi connectivity index (χ3v) is 10.1. The summed E-state index contributed by atoms with van der Waals surface area (Å²) >= 11 is 0. The van der Waals surface area contributed by atoms with Crippen LogP contribution in [-0.2, 0) is 19.2 Å². The first-order valence-corrected chi connectivity index (χ1v) is 17.3. The van der Waals surface area contributed by atoms with Gasteiger partial charge in [0.25, 0.3) is 0 Å². The summed E-state index contributed by atoms with van der Waals surface area (Å²) < 4.78 is 25.4. The Labute approximate surface area is 244 Å². The SMILES string of the molecule is CCCCOP(C)(O)(OCCCC)OC1CCC(O)(c2cc(-c3ccc(C)cc3)n(-c3ccc(OC)cc3)n2)CC1. The van der Waals surface area contributed by atoms with E-state index in [1.165, 1.54) is 5.56 Å². The average Bonchev–Trinajstić information content (AvgIpc) is 3.42.